The average molecular weight is 565 g/mol. The highest BCUT2D eigenvalue weighted by Gasteiger charge is 2.44. The van der Waals surface area contributed by atoms with E-state index in [-0.39, 0.29) is 30.1 Å². The molecule has 41 heavy (non-hydrogen) atoms. The largest absolute Gasteiger partial charge is 0.481 e. The SMILES string of the molecule is CCO/N=C(\CCC(=O)O)c1nc2ccccc2n([C@H]2C[C@H]3CCC[C@@H](C2)N3[C@H]2CCC[C@H](C[C@H](C)CC)C2)c1=O. The molecule has 2 aromatic rings. The van der Waals surface area contributed by atoms with E-state index in [1.807, 2.05) is 35.8 Å². The number of rotatable bonds is 11. The second kappa shape index (κ2) is 13.5. The fourth-order valence-electron chi connectivity index (χ4n) is 7.96. The van der Waals surface area contributed by atoms with Gasteiger partial charge in [-0.1, -0.05) is 56.8 Å². The van der Waals surface area contributed by atoms with Gasteiger partial charge in [0.05, 0.1) is 17.5 Å². The summed E-state index contributed by atoms with van der Waals surface area (Å²) in [4.78, 5) is 38.5. The molecule has 3 fully saturated rings. The first-order valence-electron chi connectivity index (χ1n) is 16.1. The van der Waals surface area contributed by atoms with Gasteiger partial charge in [0.1, 0.15) is 12.3 Å². The van der Waals surface area contributed by atoms with E-state index < -0.39 is 5.97 Å². The Bertz CT molecular complexity index is 1280. The second-order valence-electron chi connectivity index (χ2n) is 12.7. The Kier molecular flexibility index (Phi) is 9.79. The fraction of sp³-hybridized carbons (Fsp3) is 0.697. The molecule has 1 N–H and O–H groups in total. The second-order valence-corrected chi connectivity index (χ2v) is 12.7. The number of nitrogens with zero attached hydrogens (tertiary/aromatic N) is 4. The van der Waals surface area contributed by atoms with Crippen LogP contribution in [0.4, 0.5) is 0 Å². The zero-order valence-electron chi connectivity index (χ0n) is 25.1. The smallest absolute Gasteiger partial charge is 0.303 e. The summed E-state index contributed by atoms with van der Waals surface area (Å²) in [5.74, 6) is 0.701. The summed E-state index contributed by atoms with van der Waals surface area (Å²) in [7, 11) is 0. The molecule has 0 unspecified atom stereocenters. The molecule has 8 heteroatoms. The monoisotopic (exact) mass is 564 g/mol. The van der Waals surface area contributed by atoms with Gasteiger partial charge in [-0.3, -0.25) is 14.5 Å². The number of hydrogen-bond acceptors (Lipinski definition) is 6. The number of para-hydroxylation sites is 2. The maximum Gasteiger partial charge on any atom is 0.303 e. The van der Waals surface area contributed by atoms with Crippen molar-refractivity contribution in [3.05, 3.63) is 40.3 Å². The molecule has 0 spiro atoms. The fourth-order valence-corrected chi connectivity index (χ4v) is 7.96. The van der Waals surface area contributed by atoms with Gasteiger partial charge in [0.2, 0.25) is 0 Å². The number of piperidine rings is 2. The van der Waals surface area contributed by atoms with Crippen LogP contribution in [0, 0.1) is 11.8 Å². The van der Waals surface area contributed by atoms with Crippen LogP contribution in [-0.2, 0) is 9.63 Å². The van der Waals surface area contributed by atoms with E-state index in [1.54, 1.807) is 0 Å². The minimum absolute atomic E-state index is 0.0769. The summed E-state index contributed by atoms with van der Waals surface area (Å²) < 4.78 is 1.97. The van der Waals surface area contributed by atoms with Crippen molar-refractivity contribution in [1.82, 2.24) is 14.5 Å². The van der Waals surface area contributed by atoms with Gasteiger partial charge in [-0.05, 0) is 75.8 Å². The molecule has 3 aliphatic rings. The van der Waals surface area contributed by atoms with Gasteiger partial charge < -0.3 is 14.5 Å². The molecule has 8 nitrogen and oxygen atoms in total. The molecule has 224 valence electrons. The van der Waals surface area contributed by atoms with Gasteiger partial charge >= 0.3 is 5.97 Å². The molecule has 1 aromatic carbocycles. The molecule has 1 aliphatic carbocycles. The van der Waals surface area contributed by atoms with Gasteiger partial charge in [0.25, 0.3) is 5.56 Å². The molecule has 6 atom stereocenters. The Labute approximate surface area is 244 Å². The van der Waals surface area contributed by atoms with Crippen LogP contribution in [0.2, 0.25) is 0 Å². The molecule has 0 amide bonds. The zero-order valence-corrected chi connectivity index (χ0v) is 25.1. The van der Waals surface area contributed by atoms with Gasteiger partial charge in [-0.25, -0.2) is 4.98 Å². The molecular weight excluding hydrogens is 516 g/mol. The highest BCUT2D eigenvalue weighted by atomic mass is 16.6. The van der Waals surface area contributed by atoms with Crippen molar-refractivity contribution in [3.63, 3.8) is 0 Å². The lowest BCUT2D eigenvalue weighted by Crippen LogP contribution is -2.58. The summed E-state index contributed by atoms with van der Waals surface area (Å²) in [6, 6.07) is 9.54. The van der Waals surface area contributed by atoms with Crippen LogP contribution in [0.1, 0.15) is 116 Å². The highest BCUT2D eigenvalue weighted by molar-refractivity contribution is 6.00. The lowest BCUT2D eigenvalue weighted by molar-refractivity contribution is -0.136. The third-order valence-corrected chi connectivity index (χ3v) is 9.93. The number of aromatic nitrogens is 2. The van der Waals surface area contributed by atoms with E-state index in [0.717, 1.165) is 35.7 Å². The molecule has 0 radical (unpaired) electrons. The third kappa shape index (κ3) is 6.68. The first kappa shape index (κ1) is 29.7. The molecule has 1 aromatic heterocycles. The average Bonchev–Trinajstić information content (AvgIpc) is 2.96. The maximum atomic E-state index is 14.2. The predicted molar refractivity (Wildman–Crippen MR) is 162 cm³/mol. The Hall–Kier alpha value is -2.74. The Balaban J connectivity index is 1.46. The van der Waals surface area contributed by atoms with Crippen LogP contribution in [0.25, 0.3) is 11.0 Å². The van der Waals surface area contributed by atoms with Crippen molar-refractivity contribution in [1.29, 1.82) is 0 Å². The molecule has 3 heterocycles. The topological polar surface area (TPSA) is 97.0 Å². The molecule has 2 saturated heterocycles. The van der Waals surface area contributed by atoms with Crippen molar-refractivity contribution in [2.24, 2.45) is 17.0 Å². The summed E-state index contributed by atoms with van der Waals surface area (Å²) >= 11 is 0. The van der Waals surface area contributed by atoms with Crippen LogP contribution >= 0.6 is 0 Å². The number of carboxylic acid groups (broad SMARTS) is 1. The van der Waals surface area contributed by atoms with E-state index in [9.17, 15) is 14.7 Å². The van der Waals surface area contributed by atoms with Crippen molar-refractivity contribution in [2.75, 3.05) is 6.61 Å². The number of carboxylic acids is 1. The van der Waals surface area contributed by atoms with E-state index in [2.05, 4.69) is 23.9 Å². The summed E-state index contributed by atoms with van der Waals surface area (Å²) in [5, 5.41) is 13.5. The number of oxime groups is 1. The van der Waals surface area contributed by atoms with Crippen LogP contribution < -0.4 is 5.56 Å². The van der Waals surface area contributed by atoms with E-state index in [0.29, 0.717) is 30.4 Å². The van der Waals surface area contributed by atoms with Crippen LogP contribution in [0.15, 0.2) is 34.2 Å². The zero-order chi connectivity index (χ0) is 28.9. The molecule has 2 aliphatic heterocycles. The Morgan fingerprint density at radius 1 is 1.02 bits per heavy atom. The van der Waals surface area contributed by atoms with Crippen molar-refractivity contribution >= 4 is 22.7 Å². The van der Waals surface area contributed by atoms with E-state index in [1.165, 1.54) is 57.8 Å². The maximum absolute atomic E-state index is 14.2. The van der Waals surface area contributed by atoms with Crippen LogP contribution in [0.5, 0.6) is 0 Å². The normalized spacial score (nSPS) is 28.0. The van der Waals surface area contributed by atoms with Gasteiger partial charge in [0.15, 0.2) is 5.69 Å². The lowest BCUT2D eigenvalue weighted by Gasteiger charge is -2.54. The first-order chi connectivity index (χ1) is 19.9. The highest BCUT2D eigenvalue weighted by Crippen LogP contribution is 2.44. The van der Waals surface area contributed by atoms with Crippen LogP contribution in [-0.4, -0.2) is 56.0 Å². The third-order valence-electron chi connectivity index (χ3n) is 9.93. The number of fused-ring (bicyclic) bond motifs is 3. The van der Waals surface area contributed by atoms with Gasteiger partial charge in [0, 0.05) is 30.6 Å². The Morgan fingerprint density at radius 2 is 1.71 bits per heavy atom. The molecule has 1 saturated carbocycles. The number of benzene rings is 1. The summed E-state index contributed by atoms with van der Waals surface area (Å²) in [5.41, 5.74) is 1.92. The standard InChI is InChI=1S/C33H48N4O4/c1-4-22(3)18-23-10-8-11-24(19-23)36-25-12-9-13-26(36)21-27(20-25)37-30-15-7-6-14-28(30)34-32(33(37)40)29(35-41-5-2)16-17-31(38)39/h6-7,14-15,22-27H,4-5,8-13,16-21H2,1-3H3,(H,38,39)/b35-29+/t22-,23-,24+,25-,26+,27+/m1/s1. The number of carbonyl (C=O) groups is 1. The minimum Gasteiger partial charge on any atom is -0.481 e. The predicted octanol–water partition coefficient (Wildman–Crippen LogP) is 6.55. The number of hydrogen-bond donors (Lipinski definition) is 1. The quantitative estimate of drug-likeness (QED) is 0.245. The first-order valence-corrected chi connectivity index (χ1v) is 16.1. The van der Waals surface area contributed by atoms with Crippen molar-refractivity contribution in [2.45, 2.75) is 128 Å². The van der Waals surface area contributed by atoms with Crippen molar-refractivity contribution in [3.8, 4) is 0 Å². The van der Waals surface area contributed by atoms with Crippen molar-refractivity contribution < 1.29 is 14.7 Å². The summed E-state index contributed by atoms with van der Waals surface area (Å²) in [6.45, 7) is 6.87. The molecule has 5 rings (SSSR count). The van der Waals surface area contributed by atoms with Gasteiger partial charge in [-0.2, -0.15) is 0 Å². The Morgan fingerprint density at radius 3 is 2.39 bits per heavy atom. The van der Waals surface area contributed by atoms with Crippen LogP contribution in [0.3, 0.4) is 0 Å². The van der Waals surface area contributed by atoms with Gasteiger partial charge in [-0.15, -0.1) is 0 Å². The van der Waals surface area contributed by atoms with E-state index >= 15 is 0 Å². The summed E-state index contributed by atoms with van der Waals surface area (Å²) in [6.07, 6.45) is 13.5. The number of aliphatic carboxylic acids is 1. The molecular formula is C33H48N4O4. The van der Waals surface area contributed by atoms with E-state index in [4.69, 9.17) is 9.82 Å². The molecule has 2 bridgehead atoms. The lowest BCUT2D eigenvalue weighted by atomic mass is 9.75. The minimum atomic E-state index is -0.940.